The molecule has 2 atom stereocenters. The Kier molecular flexibility index (Phi) is 5.24. The van der Waals surface area contributed by atoms with Crippen molar-refractivity contribution in [2.75, 3.05) is 5.32 Å². The maximum absolute atomic E-state index is 13.3. The highest BCUT2D eigenvalue weighted by Crippen LogP contribution is 2.43. The van der Waals surface area contributed by atoms with E-state index in [1.165, 1.54) is 0 Å². The van der Waals surface area contributed by atoms with Crippen LogP contribution in [0.2, 0.25) is 5.02 Å². The Labute approximate surface area is 174 Å². The van der Waals surface area contributed by atoms with Crippen molar-refractivity contribution in [1.82, 2.24) is 10.3 Å². The van der Waals surface area contributed by atoms with Gasteiger partial charge >= 0.3 is 0 Å². The number of rotatable bonds is 3. The second-order valence-electron chi connectivity index (χ2n) is 7.65. The highest BCUT2D eigenvalue weighted by Gasteiger charge is 2.39. The van der Waals surface area contributed by atoms with Crippen LogP contribution in [0.25, 0.3) is 0 Å². The molecule has 1 aliphatic carbocycles. The lowest BCUT2D eigenvalue weighted by molar-refractivity contribution is -0.117. The van der Waals surface area contributed by atoms with E-state index in [-0.39, 0.29) is 17.6 Å². The molecule has 4 rings (SSSR count). The Morgan fingerprint density at radius 3 is 2.62 bits per heavy atom. The second-order valence-corrected chi connectivity index (χ2v) is 8.08. The summed E-state index contributed by atoms with van der Waals surface area (Å²) in [6.45, 7) is 3.95. The van der Waals surface area contributed by atoms with E-state index in [0.717, 1.165) is 23.4 Å². The van der Waals surface area contributed by atoms with Crippen LogP contribution in [0.15, 0.2) is 71.2 Å². The number of carbonyl (C=O) groups is 2. The van der Waals surface area contributed by atoms with E-state index in [9.17, 15) is 9.59 Å². The quantitative estimate of drug-likeness (QED) is 0.780. The lowest BCUT2D eigenvalue weighted by Gasteiger charge is -2.36. The second kappa shape index (κ2) is 7.84. The number of benzene rings is 1. The topological polar surface area (TPSA) is 71.1 Å². The van der Waals surface area contributed by atoms with Crippen LogP contribution in [0.3, 0.4) is 0 Å². The van der Waals surface area contributed by atoms with E-state index < -0.39 is 5.92 Å². The molecule has 1 amide bonds. The standard InChI is InChI=1S/C23H22ClN3O2/c1-13-11-17-22(18(28)12-13)21(15-6-8-16(24)9-7-15)20(14(2)26-17)23(29)27-19-5-3-4-10-25-19/h3-10,13,21,26H,11-12H2,1-2H3,(H,25,27,29)/t13-,21-/m1/s1. The number of hydrogen-bond acceptors (Lipinski definition) is 4. The molecule has 2 aliphatic rings. The number of allylic oxidation sites excluding steroid dienone is 3. The summed E-state index contributed by atoms with van der Waals surface area (Å²) in [6, 6.07) is 12.7. The van der Waals surface area contributed by atoms with Crippen molar-refractivity contribution in [2.45, 2.75) is 32.6 Å². The third-order valence-corrected chi connectivity index (χ3v) is 5.64. The first-order valence-corrected chi connectivity index (χ1v) is 10.0. The zero-order valence-electron chi connectivity index (χ0n) is 16.3. The molecule has 1 aromatic heterocycles. The maximum Gasteiger partial charge on any atom is 0.255 e. The average Bonchev–Trinajstić information content (AvgIpc) is 2.68. The number of pyridine rings is 1. The Morgan fingerprint density at radius 1 is 1.17 bits per heavy atom. The van der Waals surface area contributed by atoms with Crippen LogP contribution in [0.4, 0.5) is 5.82 Å². The van der Waals surface area contributed by atoms with Crippen molar-refractivity contribution in [3.63, 3.8) is 0 Å². The molecule has 2 N–H and O–H groups in total. The predicted octanol–water partition coefficient (Wildman–Crippen LogP) is 4.59. The molecule has 5 nitrogen and oxygen atoms in total. The molecule has 0 unspecified atom stereocenters. The van der Waals surface area contributed by atoms with Crippen LogP contribution in [0.5, 0.6) is 0 Å². The van der Waals surface area contributed by atoms with E-state index in [1.807, 2.05) is 25.1 Å². The average molecular weight is 408 g/mol. The molecule has 0 bridgehead atoms. The number of halogens is 1. The monoisotopic (exact) mass is 407 g/mol. The van der Waals surface area contributed by atoms with Crippen LogP contribution in [0.1, 0.15) is 38.2 Å². The summed E-state index contributed by atoms with van der Waals surface area (Å²) in [6.07, 6.45) is 2.90. The van der Waals surface area contributed by atoms with Gasteiger partial charge in [0.2, 0.25) is 0 Å². The van der Waals surface area contributed by atoms with Crippen molar-refractivity contribution in [3.05, 3.63) is 81.8 Å². The fourth-order valence-electron chi connectivity index (χ4n) is 4.14. The number of ketones is 1. The van der Waals surface area contributed by atoms with Gasteiger partial charge in [0.25, 0.3) is 5.91 Å². The first-order chi connectivity index (χ1) is 13.9. The van der Waals surface area contributed by atoms with E-state index in [0.29, 0.717) is 28.4 Å². The third-order valence-electron chi connectivity index (χ3n) is 5.39. The number of aromatic nitrogens is 1. The van der Waals surface area contributed by atoms with Crippen molar-refractivity contribution in [2.24, 2.45) is 5.92 Å². The molecule has 0 saturated heterocycles. The van der Waals surface area contributed by atoms with Crippen LogP contribution in [0, 0.1) is 5.92 Å². The number of carbonyl (C=O) groups excluding carboxylic acids is 2. The largest absolute Gasteiger partial charge is 0.362 e. The molecule has 148 valence electrons. The molecule has 0 saturated carbocycles. The van der Waals surface area contributed by atoms with Gasteiger partial charge in [0.05, 0.1) is 0 Å². The molecule has 1 aromatic carbocycles. The molecule has 0 fully saturated rings. The van der Waals surface area contributed by atoms with Crippen LogP contribution < -0.4 is 10.6 Å². The van der Waals surface area contributed by atoms with Gasteiger partial charge in [-0.05, 0) is 49.1 Å². The number of anilines is 1. The summed E-state index contributed by atoms with van der Waals surface area (Å²) < 4.78 is 0. The van der Waals surface area contributed by atoms with Gasteiger partial charge in [-0.2, -0.15) is 0 Å². The molecular formula is C23H22ClN3O2. The fourth-order valence-corrected chi connectivity index (χ4v) is 4.27. The highest BCUT2D eigenvalue weighted by molar-refractivity contribution is 6.30. The number of nitrogens with zero attached hydrogens (tertiary/aromatic N) is 1. The Balaban J connectivity index is 1.80. The lowest BCUT2D eigenvalue weighted by Crippen LogP contribution is -2.37. The Morgan fingerprint density at radius 2 is 1.93 bits per heavy atom. The van der Waals surface area contributed by atoms with Crippen molar-refractivity contribution >= 4 is 29.1 Å². The molecular weight excluding hydrogens is 386 g/mol. The Bertz CT molecular complexity index is 1030. The minimum atomic E-state index is -0.438. The third kappa shape index (κ3) is 3.83. The zero-order chi connectivity index (χ0) is 20.5. The minimum absolute atomic E-state index is 0.0850. The van der Waals surface area contributed by atoms with Gasteiger partial charge < -0.3 is 10.6 Å². The van der Waals surface area contributed by atoms with Crippen LogP contribution in [-0.2, 0) is 9.59 Å². The van der Waals surface area contributed by atoms with E-state index in [1.54, 1.807) is 30.5 Å². The van der Waals surface area contributed by atoms with Crippen molar-refractivity contribution in [1.29, 1.82) is 0 Å². The zero-order valence-corrected chi connectivity index (χ0v) is 17.1. The summed E-state index contributed by atoms with van der Waals surface area (Å²) in [5.41, 5.74) is 3.75. The number of Topliss-reactive ketones (excluding diaryl/α,β-unsaturated/α-hetero) is 1. The number of amides is 1. The van der Waals surface area contributed by atoms with Crippen molar-refractivity contribution in [3.8, 4) is 0 Å². The smallest absolute Gasteiger partial charge is 0.255 e. The summed E-state index contributed by atoms with van der Waals surface area (Å²) in [4.78, 5) is 30.5. The number of hydrogen-bond donors (Lipinski definition) is 2. The summed E-state index contributed by atoms with van der Waals surface area (Å²) in [5, 5.41) is 6.81. The van der Waals surface area contributed by atoms with Gasteiger partial charge in [0.1, 0.15) is 5.82 Å². The van der Waals surface area contributed by atoms with Gasteiger partial charge in [-0.3, -0.25) is 9.59 Å². The summed E-state index contributed by atoms with van der Waals surface area (Å²) in [7, 11) is 0. The highest BCUT2D eigenvalue weighted by atomic mass is 35.5. The SMILES string of the molecule is CC1=C(C(=O)Nc2ccccn2)[C@@H](c2ccc(Cl)cc2)C2=C(C[C@@H](C)CC2=O)N1. The van der Waals surface area contributed by atoms with Crippen LogP contribution in [-0.4, -0.2) is 16.7 Å². The molecule has 29 heavy (non-hydrogen) atoms. The molecule has 0 spiro atoms. The number of dihydropyridines is 1. The summed E-state index contributed by atoms with van der Waals surface area (Å²) in [5.74, 6) is 0.119. The molecule has 2 heterocycles. The first kappa shape index (κ1) is 19.4. The van der Waals surface area contributed by atoms with Gasteiger partial charge in [0.15, 0.2) is 5.78 Å². The number of nitrogens with one attached hydrogen (secondary N) is 2. The van der Waals surface area contributed by atoms with Crippen LogP contribution >= 0.6 is 11.6 Å². The van der Waals surface area contributed by atoms with E-state index in [2.05, 4.69) is 22.5 Å². The molecule has 0 radical (unpaired) electrons. The van der Waals surface area contributed by atoms with Gasteiger partial charge in [0, 0.05) is 46.1 Å². The van der Waals surface area contributed by atoms with Crippen molar-refractivity contribution < 1.29 is 9.59 Å². The van der Waals surface area contributed by atoms with Gasteiger partial charge in [-0.1, -0.05) is 36.7 Å². The fraction of sp³-hybridized carbons (Fsp3) is 0.261. The summed E-state index contributed by atoms with van der Waals surface area (Å²) >= 11 is 6.08. The molecule has 1 aliphatic heterocycles. The van der Waals surface area contributed by atoms with E-state index in [4.69, 9.17) is 11.6 Å². The maximum atomic E-state index is 13.3. The Hall–Kier alpha value is -2.92. The van der Waals surface area contributed by atoms with E-state index >= 15 is 0 Å². The molecule has 2 aromatic rings. The van der Waals surface area contributed by atoms with Gasteiger partial charge in [-0.25, -0.2) is 4.98 Å². The van der Waals surface area contributed by atoms with Gasteiger partial charge in [-0.15, -0.1) is 0 Å². The predicted molar refractivity (Wildman–Crippen MR) is 113 cm³/mol. The normalized spacial score (nSPS) is 21.6. The first-order valence-electron chi connectivity index (χ1n) is 9.66. The lowest BCUT2D eigenvalue weighted by atomic mass is 9.73. The minimum Gasteiger partial charge on any atom is -0.362 e. The molecule has 6 heteroatoms.